The number of hydrogen-bond donors (Lipinski definition) is 3. The lowest BCUT2D eigenvalue weighted by molar-refractivity contribution is 0.0951. The maximum atomic E-state index is 11.8. The Morgan fingerprint density at radius 1 is 1.45 bits per heavy atom. The Morgan fingerprint density at radius 3 is 3.00 bits per heavy atom. The second kappa shape index (κ2) is 7.24. The van der Waals surface area contributed by atoms with E-state index in [1.54, 1.807) is 12.3 Å². The topological polar surface area (TPSA) is 74.2 Å². The molecular formula is C15H23N3O2. The number of pyridine rings is 1. The van der Waals surface area contributed by atoms with Crippen LogP contribution in [0.5, 0.6) is 0 Å². The van der Waals surface area contributed by atoms with Crippen LogP contribution in [-0.4, -0.2) is 35.2 Å². The van der Waals surface area contributed by atoms with Gasteiger partial charge in [-0.2, -0.15) is 0 Å². The molecule has 1 heterocycles. The third-order valence-electron chi connectivity index (χ3n) is 3.83. The molecule has 0 bridgehead atoms. The van der Waals surface area contributed by atoms with E-state index in [1.165, 1.54) is 12.8 Å². The number of aliphatic hydroxyl groups is 1. The summed E-state index contributed by atoms with van der Waals surface area (Å²) in [6, 6.07) is 3.91. The van der Waals surface area contributed by atoms with Crippen molar-refractivity contribution >= 4 is 11.6 Å². The van der Waals surface area contributed by atoms with Crippen LogP contribution in [0.2, 0.25) is 0 Å². The van der Waals surface area contributed by atoms with Gasteiger partial charge in [0.05, 0.1) is 0 Å². The average molecular weight is 277 g/mol. The van der Waals surface area contributed by atoms with Crippen LogP contribution in [0.4, 0.5) is 5.69 Å². The molecule has 0 spiro atoms. The van der Waals surface area contributed by atoms with Crippen molar-refractivity contribution in [1.82, 2.24) is 10.3 Å². The second-order valence-electron chi connectivity index (χ2n) is 5.27. The van der Waals surface area contributed by atoms with Gasteiger partial charge in [-0.1, -0.05) is 12.8 Å². The van der Waals surface area contributed by atoms with Crippen molar-refractivity contribution in [1.29, 1.82) is 0 Å². The van der Waals surface area contributed by atoms with E-state index in [2.05, 4.69) is 15.6 Å². The van der Waals surface area contributed by atoms with Crippen LogP contribution < -0.4 is 10.6 Å². The summed E-state index contributed by atoms with van der Waals surface area (Å²) in [7, 11) is 0. The molecule has 20 heavy (non-hydrogen) atoms. The molecule has 2 unspecified atom stereocenters. The van der Waals surface area contributed by atoms with E-state index in [1.807, 2.05) is 13.0 Å². The summed E-state index contributed by atoms with van der Waals surface area (Å²) in [5, 5.41) is 15.6. The molecular weight excluding hydrogens is 254 g/mol. The minimum Gasteiger partial charge on any atom is -0.396 e. The molecule has 1 aromatic heterocycles. The molecule has 110 valence electrons. The highest BCUT2D eigenvalue weighted by Gasteiger charge is 2.24. The molecule has 0 aliphatic heterocycles. The van der Waals surface area contributed by atoms with Crippen molar-refractivity contribution < 1.29 is 9.90 Å². The van der Waals surface area contributed by atoms with Crippen molar-refractivity contribution in [2.45, 2.75) is 38.6 Å². The first-order valence-corrected chi connectivity index (χ1v) is 7.36. The standard InChI is InChI=1S/C15H23N3O2/c1-2-16-15(20)14-9-12(7-8-17-14)18-13-6-4-3-5-11(13)10-19/h7-9,11,13,19H,2-6,10H2,1H3,(H,16,20)(H,17,18). The molecule has 0 saturated heterocycles. The SMILES string of the molecule is CCNC(=O)c1cc(NC2CCCCC2CO)ccn1. The first kappa shape index (κ1) is 14.8. The van der Waals surface area contributed by atoms with Crippen molar-refractivity contribution in [3.8, 4) is 0 Å². The molecule has 2 atom stereocenters. The largest absolute Gasteiger partial charge is 0.396 e. The first-order chi connectivity index (χ1) is 9.74. The molecule has 3 N–H and O–H groups in total. The number of amides is 1. The number of aromatic nitrogens is 1. The fraction of sp³-hybridized carbons (Fsp3) is 0.600. The van der Waals surface area contributed by atoms with E-state index in [-0.39, 0.29) is 18.6 Å². The summed E-state index contributed by atoms with van der Waals surface area (Å²) in [5.41, 5.74) is 1.32. The Bertz CT molecular complexity index is 450. The predicted molar refractivity (Wildman–Crippen MR) is 78.7 cm³/mol. The van der Waals surface area contributed by atoms with E-state index >= 15 is 0 Å². The molecule has 1 saturated carbocycles. The van der Waals surface area contributed by atoms with Gasteiger partial charge < -0.3 is 15.7 Å². The molecule has 1 aliphatic carbocycles. The summed E-state index contributed by atoms with van der Waals surface area (Å²) in [4.78, 5) is 15.9. The quantitative estimate of drug-likeness (QED) is 0.767. The third-order valence-corrected chi connectivity index (χ3v) is 3.83. The lowest BCUT2D eigenvalue weighted by atomic mass is 9.85. The number of nitrogens with one attached hydrogen (secondary N) is 2. The van der Waals surface area contributed by atoms with Gasteiger partial charge in [-0.25, -0.2) is 0 Å². The van der Waals surface area contributed by atoms with Gasteiger partial charge in [0.15, 0.2) is 0 Å². The van der Waals surface area contributed by atoms with Gasteiger partial charge in [-0.05, 0) is 31.9 Å². The van der Waals surface area contributed by atoms with Crippen molar-refractivity contribution in [2.75, 3.05) is 18.5 Å². The molecule has 1 aliphatic rings. The number of rotatable bonds is 5. The summed E-state index contributed by atoms with van der Waals surface area (Å²) in [5.74, 6) is 0.142. The summed E-state index contributed by atoms with van der Waals surface area (Å²) >= 11 is 0. The zero-order chi connectivity index (χ0) is 14.4. The van der Waals surface area contributed by atoms with Crippen LogP contribution in [0.1, 0.15) is 43.1 Å². The summed E-state index contributed by atoms with van der Waals surface area (Å²) in [6.45, 7) is 2.69. The number of hydrogen-bond acceptors (Lipinski definition) is 4. The molecule has 2 rings (SSSR count). The van der Waals surface area contributed by atoms with Gasteiger partial charge in [-0.3, -0.25) is 9.78 Å². The Balaban J connectivity index is 2.05. The van der Waals surface area contributed by atoms with Gasteiger partial charge in [0, 0.05) is 37.0 Å². The van der Waals surface area contributed by atoms with Crippen molar-refractivity contribution in [3.05, 3.63) is 24.0 Å². The summed E-state index contributed by atoms with van der Waals surface area (Å²) < 4.78 is 0. The third kappa shape index (κ3) is 3.70. The number of carbonyl (C=O) groups excluding carboxylic acids is 1. The van der Waals surface area contributed by atoms with Gasteiger partial charge in [-0.15, -0.1) is 0 Å². The van der Waals surface area contributed by atoms with Gasteiger partial charge in [0.25, 0.3) is 5.91 Å². The Labute approximate surface area is 119 Å². The highest BCUT2D eigenvalue weighted by Crippen LogP contribution is 2.27. The zero-order valence-corrected chi connectivity index (χ0v) is 11.9. The lowest BCUT2D eigenvalue weighted by Gasteiger charge is -2.31. The normalized spacial score (nSPS) is 22.3. The maximum Gasteiger partial charge on any atom is 0.269 e. The van der Waals surface area contributed by atoms with Crippen LogP contribution in [0.3, 0.4) is 0 Å². The van der Waals surface area contributed by atoms with Gasteiger partial charge >= 0.3 is 0 Å². The first-order valence-electron chi connectivity index (χ1n) is 7.36. The minimum absolute atomic E-state index is 0.154. The monoisotopic (exact) mass is 277 g/mol. The van der Waals surface area contributed by atoms with Crippen LogP contribution in [-0.2, 0) is 0 Å². The molecule has 0 radical (unpaired) electrons. The fourth-order valence-corrected chi connectivity index (χ4v) is 2.73. The van der Waals surface area contributed by atoms with Crippen LogP contribution in [0.25, 0.3) is 0 Å². The minimum atomic E-state index is -0.154. The van der Waals surface area contributed by atoms with E-state index in [0.717, 1.165) is 18.5 Å². The maximum absolute atomic E-state index is 11.8. The number of nitrogens with zero attached hydrogens (tertiary/aromatic N) is 1. The smallest absolute Gasteiger partial charge is 0.269 e. The molecule has 5 nitrogen and oxygen atoms in total. The Kier molecular flexibility index (Phi) is 5.35. The van der Waals surface area contributed by atoms with Gasteiger partial charge in [0.1, 0.15) is 5.69 Å². The fourth-order valence-electron chi connectivity index (χ4n) is 2.73. The van der Waals surface area contributed by atoms with Crippen molar-refractivity contribution in [3.63, 3.8) is 0 Å². The highest BCUT2D eigenvalue weighted by molar-refractivity contribution is 5.93. The van der Waals surface area contributed by atoms with E-state index in [9.17, 15) is 9.90 Å². The molecule has 1 amide bonds. The molecule has 1 fully saturated rings. The number of carbonyl (C=O) groups is 1. The van der Waals surface area contributed by atoms with E-state index < -0.39 is 0 Å². The predicted octanol–water partition coefficient (Wildman–Crippen LogP) is 1.79. The van der Waals surface area contributed by atoms with Crippen LogP contribution in [0, 0.1) is 5.92 Å². The summed E-state index contributed by atoms with van der Waals surface area (Å²) in [6.07, 6.45) is 6.13. The molecule has 1 aromatic rings. The zero-order valence-electron chi connectivity index (χ0n) is 11.9. The average Bonchev–Trinajstić information content (AvgIpc) is 2.48. The Morgan fingerprint density at radius 2 is 2.25 bits per heavy atom. The van der Waals surface area contributed by atoms with Crippen LogP contribution >= 0.6 is 0 Å². The number of aliphatic hydroxyl groups excluding tert-OH is 1. The van der Waals surface area contributed by atoms with E-state index in [4.69, 9.17) is 0 Å². The number of anilines is 1. The highest BCUT2D eigenvalue weighted by atomic mass is 16.3. The molecule has 0 aromatic carbocycles. The van der Waals surface area contributed by atoms with Crippen molar-refractivity contribution in [2.24, 2.45) is 5.92 Å². The van der Waals surface area contributed by atoms with E-state index in [0.29, 0.717) is 18.2 Å². The van der Waals surface area contributed by atoms with Gasteiger partial charge in [0.2, 0.25) is 0 Å². The molecule has 5 heteroatoms. The van der Waals surface area contributed by atoms with Crippen LogP contribution in [0.15, 0.2) is 18.3 Å². The second-order valence-corrected chi connectivity index (χ2v) is 5.27. The Hall–Kier alpha value is -1.62. The lowest BCUT2D eigenvalue weighted by Crippen LogP contribution is -2.34.